The molecular weight excluding hydrogens is 356 g/mol. The van der Waals surface area contributed by atoms with Crippen molar-refractivity contribution >= 4 is 27.6 Å². The van der Waals surface area contributed by atoms with E-state index < -0.39 is 15.1 Å². The van der Waals surface area contributed by atoms with Gasteiger partial charge in [0, 0.05) is 25.9 Å². The Morgan fingerprint density at radius 1 is 1.08 bits per heavy atom. The first-order valence-electron chi connectivity index (χ1n) is 8.65. The maximum Gasteiger partial charge on any atom is 0.230 e. The second-order valence-corrected chi connectivity index (χ2v) is 9.53. The number of likely N-dealkylation sites (tertiary alicyclic amines) is 2. The summed E-state index contributed by atoms with van der Waals surface area (Å²) in [6.07, 6.45) is 0.681. The number of sulfone groups is 1. The van der Waals surface area contributed by atoms with Crippen molar-refractivity contribution < 1.29 is 22.8 Å². The quantitative estimate of drug-likeness (QED) is 0.706. The third-order valence-corrected chi connectivity index (χ3v) is 7.07. The van der Waals surface area contributed by atoms with Crippen LogP contribution in [0.25, 0.3) is 0 Å². The highest BCUT2D eigenvalue weighted by atomic mass is 32.2. The number of carbonyl (C=O) groups excluding carboxylic acids is 3. The molecule has 3 rings (SSSR count). The number of imide groups is 1. The number of rotatable bonds is 5. The van der Waals surface area contributed by atoms with Gasteiger partial charge in [-0.25, -0.2) is 8.42 Å². The first-order valence-corrected chi connectivity index (χ1v) is 10.2. The van der Waals surface area contributed by atoms with Crippen LogP contribution >= 0.6 is 0 Å². The minimum atomic E-state index is -3.32. The summed E-state index contributed by atoms with van der Waals surface area (Å²) in [5.41, 5.74) is 0.731. The van der Waals surface area contributed by atoms with Gasteiger partial charge in [0.1, 0.15) is 0 Å². The molecule has 0 saturated carbocycles. The summed E-state index contributed by atoms with van der Waals surface area (Å²) in [6.45, 7) is 4.00. The predicted octanol–water partition coefficient (Wildman–Crippen LogP) is 0.771. The number of carbonyl (C=O) groups is 3. The monoisotopic (exact) mass is 378 g/mol. The molecular formula is C18H22N2O5S. The Labute approximate surface area is 152 Å². The zero-order valence-corrected chi connectivity index (χ0v) is 15.7. The fourth-order valence-corrected chi connectivity index (χ4v) is 4.24. The molecule has 2 heterocycles. The average molecular weight is 378 g/mol. The van der Waals surface area contributed by atoms with E-state index >= 15 is 0 Å². The van der Waals surface area contributed by atoms with Gasteiger partial charge in [-0.2, -0.15) is 0 Å². The molecule has 0 aromatic heterocycles. The van der Waals surface area contributed by atoms with E-state index in [1.165, 1.54) is 17.0 Å². The Morgan fingerprint density at radius 2 is 1.62 bits per heavy atom. The van der Waals surface area contributed by atoms with Gasteiger partial charge in [-0.3, -0.25) is 19.3 Å². The zero-order valence-electron chi connectivity index (χ0n) is 14.8. The summed E-state index contributed by atoms with van der Waals surface area (Å²) in [4.78, 5) is 38.9. The topological polar surface area (TPSA) is 91.8 Å². The van der Waals surface area contributed by atoms with Crippen molar-refractivity contribution in [2.75, 3.05) is 13.1 Å². The van der Waals surface area contributed by atoms with Gasteiger partial charge in [-0.05, 0) is 31.5 Å². The standard InChI is InChI=1S/C18H22N2O5S/c1-12(2)26(24,25)15-5-3-13(4-6-15)9-18(23)19-10-14(11-19)20-16(21)7-8-17(20)22/h3-6,12,14H,7-11H2,1-2H3. The molecule has 1 aromatic carbocycles. The molecule has 2 aliphatic rings. The lowest BCUT2D eigenvalue weighted by Gasteiger charge is -2.43. The molecule has 140 valence electrons. The molecule has 2 aliphatic heterocycles. The summed E-state index contributed by atoms with van der Waals surface area (Å²) >= 11 is 0. The normalized spacial score (nSPS) is 18.6. The third-order valence-electron chi connectivity index (χ3n) is 4.90. The van der Waals surface area contributed by atoms with E-state index in [2.05, 4.69) is 0 Å². The van der Waals surface area contributed by atoms with Crippen molar-refractivity contribution in [2.45, 2.75) is 49.3 Å². The second kappa shape index (κ2) is 6.83. The van der Waals surface area contributed by atoms with Crippen LogP contribution in [0.5, 0.6) is 0 Å². The van der Waals surface area contributed by atoms with Gasteiger partial charge < -0.3 is 4.90 Å². The molecule has 0 radical (unpaired) electrons. The Morgan fingerprint density at radius 3 is 2.12 bits per heavy atom. The molecule has 26 heavy (non-hydrogen) atoms. The van der Waals surface area contributed by atoms with Crippen LogP contribution in [0, 0.1) is 0 Å². The molecule has 0 bridgehead atoms. The predicted molar refractivity (Wildman–Crippen MR) is 93.9 cm³/mol. The summed E-state index contributed by atoms with van der Waals surface area (Å²) in [5, 5.41) is -0.496. The fourth-order valence-electron chi connectivity index (χ4n) is 3.18. The van der Waals surface area contributed by atoms with Crippen molar-refractivity contribution in [2.24, 2.45) is 0 Å². The zero-order chi connectivity index (χ0) is 19.1. The van der Waals surface area contributed by atoms with Crippen LogP contribution in [-0.4, -0.2) is 60.3 Å². The SMILES string of the molecule is CC(C)S(=O)(=O)c1ccc(CC(=O)N2CC(N3C(=O)CCC3=O)C2)cc1. The summed E-state index contributed by atoms with van der Waals surface area (Å²) in [5.74, 6) is -0.414. The smallest absolute Gasteiger partial charge is 0.230 e. The minimum absolute atomic E-state index is 0.0974. The van der Waals surface area contributed by atoms with Crippen LogP contribution in [0.1, 0.15) is 32.3 Å². The molecule has 0 N–H and O–H groups in total. The first kappa shape index (κ1) is 18.6. The van der Waals surface area contributed by atoms with E-state index in [4.69, 9.17) is 0 Å². The molecule has 2 fully saturated rings. The summed E-state index contributed by atoms with van der Waals surface area (Å²) in [6, 6.07) is 6.15. The lowest BCUT2D eigenvalue weighted by atomic mass is 10.0. The molecule has 1 aromatic rings. The minimum Gasteiger partial charge on any atom is -0.338 e. The maximum absolute atomic E-state index is 12.3. The third kappa shape index (κ3) is 3.38. The number of nitrogens with zero attached hydrogens (tertiary/aromatic N) is 2. The number of hydrogen-bond donors (Lipinski definition) is 0. The Bertz CT molecular complexity index is 823. The molecule has 3 amide bonds. The van der Waals surface area contributed by atoms with Crippen LogP contribution < -0.4 is 0 Å². The Hall–Kier alpha value is -2.22. The molecule has 8 heteroatoms. The summed E-state index contributed by atoms with van der Waals surface area (Å²) in [7, 11) is -3.32. The van der Waals surface area contributed by atoms with E-state index in [0.717, 1.165) is 5.56 Å². The second-order valence-electron chi connectivity index (χ2n) is 7.02. The number of hydrogen-bond acceptors (Lipinski definition) is 5. The highest BCUT2D eigenvalue weighted by molar-refractivity contribution is 7.92. The Kier molecular flexibility index (Phi) is 4.88. The van der Waals surface area contributed by atoms with Gasteiger partial charge in [0.25, 0.3) is 0 Å². The number of benzene rings is 1. The van der Waals surface area contributed by atoms with Crippen LogP contribution in [0.2, 0.25) is 0 Å². The molecule has 7 nitrogen and oxygen atoms in total. The van der Waals surface area contributed by atoms with Gasteiger partial charge in [0.2, 0.25) is 17.7 Å². The Balaban J connectivity index is 1.57. The van der Waals surface area contributed by atoms with E-state index in [1.807, 2.05) is 0 Å². The average Bonchev–Trinajstić information content (AvgIpc) is 2.86. The molecule has 2 saturated heterocycles. The fraction of sp³-hybridized carbons (Fsp3) is 0.500. The molecule has 0 aliphatic carbocycles. The van der Waals surface area contributed by atoms with Crippen molar-refractivity contribution in [3.05, 3.63) is 29.8 Å². The van der Waals surface area contributed by atoms with Crippen molar-refractivity contribution in [3.8, 4) is 0 Å². The van der Waals surface area contributed by atoms with Crippen LogP contribution in [-0.2, 0) is 30.6 Å². The van der Waals surface area contributed by atoms with E-state index in [-0.39, 0.29) is 47.9 Å². The van der Waals surface area contributed by atoms with Gasteiger partial charge in [-0.15, -0.1) is 0 Å². The highest BCUT2D eigenvalue weighted by Gasteiger charge is 2.42. The molecule has 0 unspecified atom stereocenters. The first-order chi connectivity index (χ1) is 12.2. The largest absolute Gasteiger partial charge is 0.338 e. The van der Waals surface area contributed by atoms with E-state index in [0.29, 0.717) is 13.1 Å². The van der Waals surface area contributed by atoms with Gasteiger partial charge >= 0.3 is 0 Å². The maximum atomic E-state index is 12.3. The van der Waals surface area contributed by atoms with Crippen molar-refractivity contribution in [3.63, 3.8) is 0 Å². The lowest BCUT2D eigenvalue weighted by Crippen LogP contribution is -2.62. The van der Waals surface area contributed by atoms with Crippen LogP contribution in [0.4, 0.5) is 0 Å². The van der Waals surface area contributed by atoms with Gasteiger partial charge in [0.15, 0.2) is 9.84 Å². The lowest BCUT2D eigenvalue weighted by molar-refractivity contribution is -0.151. The highest BCUT2D eigenvalue weighted by Crippen LogP contribution is 2.23. The van der Waals surface area contributed by atoms with Crippen molar-refractivity contribution in [1.29, 1.82) is 0 Å². The summed E-state index contributed by atoms with van der Waals surface area (Å²) < 4.78 is 24.2. The van der Waals surface area contributed by atoms with Crippen LogP contribution in [0.3, 0.4) is 0 Å². The van der Waals surface area contributed by atoms with E-state index in [9.17, 15) is 22.8 Å². The molecule has 0 atom stereocenters. The van der Waals surface area contributed by atoms with Gasteiger partial charge in [0.05, 0.1) is 22.6 Å². The van der Waals surface area contributed by atoms with Gasteiger partial charge in [-0.1, -0.05) is 12.1 Å². The van der Waals surface area contributed by atoms with E-state index in [1.54, 1.807) is 30.9 Å². The number of amides is 3. The van der Waals surface area contributed by atoms with Crippen molar-refractivity contribution in [1.82, 2.24) is 9.80 Å². The van der Waals surface area contributed by atoms with Crippen LogP contribution in [0.15, 0.2) is 29.2 Å². The molecule has 0 spiro atoms.